The summed E-state index contributed by atoms with van der Waals surface area (Å²) in [4.78, 5) is 12.2. The van der Waals surface area contributed by atoms with Crippen molar-refractivity contribution in [2.75, 3.05) is 24.6 Å². The van der Waals surface area contributed by atoms with E-state index in [1.165, 1.54) is 19.2 Å². The number of carbonyl (C=O) groups is 1. The van der Waals surface area contributed by atoms with Crippen LogP contribution in [0.15, 0.2) is 41.3 Å². The summed E-state index contributed by atoms with van der Waals surface area (Å²) in [6.45, 7) is 6.96. The van der Waals surface area contributed by atoms with Crippen LogP contribution in [0.5, 0.6) is 5.75 Å². The molecular weight excluding hydrogens is 366 g/mol. The van der Waals surface area contributed by atoms with Crippen molar-refractivity contribution in [2.24, 2.45) is 0 Å². The Morgan fingerprint density at radius 1 is 1.07 bits per heavy atom. The van der Waals surface area contributed by atoms with Gasteiger partial charge in [0.25, 0.3) is 10.0 Å². The van der Waals surface area contributed by atoms with Crippen LogP contribution < -0.4 is 9.04 Å². The van der Waals surface area contributed by atoms with Gasteiger partial charge in [0.05, 0.1) is 24.3 Å². The minimum absolute atomic E-state index is 0.0889. The Labute approximate surface area is 160 Å². The van der Waals surface area contributed by atoms with Gasteiger partial charge in [-0.05, 0) is 68.7 Å². The Kier molecular flexibility index (Phi) is 6.49. The summed E-state index contributed by atoms with van der Waals surface area (Å²) < 4.78 is 38.0. The number of anilines is 1. The molecule has 0 aliphatic rings. The van der Waals surface area contributed by atoms with Gasteiger partial charge >= 0.3 is 5.97 Å². The van der Waals surface area contributed by atoms with Crippen molar-refractivity contribution in [2.45, 2.75) is 32.6 Å². The van der Waals surface area contributed by atoms with Crippen LogP contribution >= 0.6 is 0 Å². The van der Waals surface area contributed by atoms with Gasteiger partial charge in [-0.2, -0.15) is 0 Å². The summed E-state index contributed by atoms with van der Waals surface area (Å²) in [6, 6.07) is 9.97. The predicted molar refractivity (Wildman–Crippen MR) is 105 cm³/mol. The van der Waals surface area contributed by atoms with Crippen LogP contribution in [-0.2, 0) is 19.6 Å². The minimum atomic E-state index is -3.98. The number of carbonyl (C=O) groups excluding carboxylic acids is 1. The number of ether oxygens (including phenoxy) is 2. The second-order valence-electron chi connectivity index (χ2n) is 6.17. The van der Waals surface area contributed by atoms with Crippen molar-refractivity contribution in [3.05, 3.63) is 53.1 Å². The first kappa shape index (κ1) is 20.8. The van der Waals surface area contributed by atoms with Crippen molar-refractivity contribution in [1.29, 1.82) is 0 Å². The molecule has 0 spiro atoms. The molecule has 0 unspecified atom stereocenters. The van der Waals surface area contributed by atoms with Crippen LogP contribution in [0.4, 0.5) is 5.69 Å². The van der Waals surface area contributed by atoms with Gasteiger partial charge in [0.2, 0.25) is 0 Å². The van der Waals surface area contributed by atoms with E-state index < -0.39 is 22.5 Å². The normalized spacial score (nSPS) is 11.1. The third-order valence-corrected chi connectivity index (χ3v) is 6.13. The van der Waals surface area contributed by atoms with Crippen molar-refractivity contribution in [1.82, 2.24) is 0 Å². The Morgan fingerprint density at radius 2 is 1.78 bits per heavy atom. The average Bonchev–Trinajstić information content (AvgIpc) is 2.62. The molecule has 0 radical (unpaired) electrons. The van der Waals surface area contributed by atoms with E-state index in [-0.39, 0.29) is 11.5 Å². The molecule has 0 amide bonds. The van der Waals surface area contributed by atoms with Gasteiger partial charge in [-0.25, -0.2) is 8.42 Å². The summed E-state index contributed by atoms with van der Waals surface area (Å²) in [6.07, 6.45) is 0. The van der Waals surface area contributed by atoms with Crippen molar-refractivity contribution in [3.8, 4) is 5.75 Å². The quantitative estimate of drug-likeness (QED) is 0.677. The highest BCUT2D eigenvalue weighted by Gasteiger charge is 2.29. The molecule has 146 valence electrons. The molecule has 0 heterocycles. The topological polar surface area (TPSA) is 72.9 Å². The summed E-state index contributed by atoms with van der Waals surface area (Å²) >= 11 is 0. The average molecular weight is 391 g/mol. The maximum atomic E-state index is 13.4. The van der Waals surface area contributed by atoms with Crippen LogP contribution in [0, 0.1) is 20.8 Å². The van der Waals surface area contributed by atoms with E-state index in [1.54, 1.807) is 32.0 Å². The largest absolute Gasteiger partial charge is 0.496 e. The molecule has 2 rings (SSSR count). The van der Waals surface area contributed by atoms with E-state index in [0.717, 1.165) is 15.4 Å². The van der Waals surface area contributed by atoms with Crippen molar-refractivity contribution >= 4 is 21.7 Å². The van der Waals surface area contributed by atoms with Crippen LogP contribution in [-0.4, -0.2) is 34.6 Å². The molecule has 0 aliphatic heterocycles. The Bertz CT molecular complexity index is 937. The van der Waals surface area contributed by atoms with E-state index in [4.69, 9.17) is 9.47 Å². The van der Waals surface area contributed by atoms with Gasteiger partial charge in [-0.1, -0.05) is 12.1 Å². The first-order chi connectivity index (χ1) is 12.7. The zero-order valence-electron chi connectivity index (χ0n) is 16.3. The van der Waals surface area contributed by atoms with E-state index in [2.05, 4.69) is 0 Å². The van der Waals surface area contributed by atoms with E-state index in [1.807, 2.05) is 19.9 Å². The predicted octanol–water partition coefficient (Wildman–Crippen LogP) is 3.38. The summed E-state index contributed by atoms with van der Waals surface area (Å²) in [5.41, 5.74) is 2.87. The third kappa shape index (κ3) is 4.42. The maximum absolute atomic E-state index is 13.4. The SMILES string of the molecule is CCOC(=O)CN(c1cccc(C)c1C)S(=O)(=O)c1ccc(OC)c(C)c1. The number of esters is 1. The molecule has 0 fully saturated rings. The molecule has 27 heavy (non-hydrogen) atoms. The van der Waals surface area contributed by atoms with Crippen LogP contribution in [0.1, 0.15) is 23.6 Å². The fourth-order valence-electron chi connectivity index (χ4n) is 2.77. The zero-order valence-corrected chi connectivity index (χ0v) is 17.1. The fourth-order valence-corrected chi connectivity index (χ4v) is 4.32. The molecule has 2 aromatic carbocycles. The Balaban J connectivity index is 2.59. The lowest BCUT2D eigenvalue weighted by Crippen LogP contribution is -2.37. The highest BCUT2D eigenvalue weighted by molar-refractivity contribution is 7.92. The van der Waals surface area contributed by atoms with Crippen molar-refractivity contribution in [3.63, 3.8) is 0 Å². The summed E-state index contributed by atoms with van der Waals surface area (Å²) in [7, 11) is -2.45. The molecule has 0 saturated carbocycles. The lowest BCUT2D eigenvalue weighted by molar-refractivity contribution is -0.141. The van der Waals surface area contributed by atoms with Gasteiger partial charge in [0.1, 0.15) is 12.3 Å². The van der Waals surface area contributed by atoms with Crippen LogP contribution in [0.2, 0.25) is 0 Å². The number of hydrogen-bond donors (Lipinski definition) is 0. The third-order valence-electron chi connectivity index (χ3n) is 4.38. The van der Waals surface area contributed by atoms with Gasteiger partial charge in [0.15, 0.2) is 0 Å². The summed E-state index contributed by atoms with van der Waals surface area (Å²) in [5, 5.41) is 0. The van der Waals surface area contributed by atoms with E-state index in [0.29, 0.717) is 17.0 Å². The number of aryl methyl sites for hydroxylation is 2. The molecule has 0 N–H and O–H groups in total. The number of hydrogen-bond acceptors (Lipinski definition) is 5. The minimum Gasteiger partial charge on any atom is -0.496 e. The molecule has 0 saturated heterocycles. The standard InChI is InChI=1S/C20H25NO5S/c1-6-26-20(22)13-21(18-9-7-8-14(2)16(18)4)27(23,24)17-10-11-19(25-5)15(3)12-17/h7-12H,6,13H2,1-5H3. The molecular formula is C20H25NO5S. The van der Waals surface area contributed by atoms with Gasteiger partial charge in [-0.3, -0.25) is 9.10 Å². The number of sulfonamides is 1. The monoisotopic (exact) mass is 391 g/mol. The molecule has 0 atom stereocenters. The first-order valence-corrected chi connectivity index (χ1v) is 10.1. The molecule has 0 aromatic heterocycles. The molecule has 0 aliphatic carbocycles. The van der Waals surface area contributed by atoms with Crippen LogP contribution in [0.3, 0.4) is 0 Å². The van der Waals surface area contributed by atoms with E-state index >= 15 is 0 Å². The zero-order chi connectivity index (χ0) is 20.2. The molecule has 2 aromatic rings. The maximum Gasteiger partial charge on any atom is 0.326 e. The second-order valence-corrected chi connectivity index (χ2v) is 8.03. The van der Waals surface area contributed by atoms with Crippen molar-refractivity contribution < 1.29 is 22.7 Å². The Morgan fingerprint density at radius 3 is 2.37 bits per heavy atom. The van der Waals surface area contributed by atoms with Gasteiger partial charge in [-0.15, -0.1) is 0 Å². The molecule has 7 heteroatoms. The smallest absolute Gasteiger partial charge is 0.326 e. The highest BCUT2D eigenvalue weighted by Crippen LogP contribution is 2.30. The number of rotatable bonds is 7. The van der Waals surface area contributed by atoms with Crippen LogP contribution in [0.25, 0.3) is 0 Å². The van der Waals surface area contributed by atoms with Gasteiger partial charge < -0.3 is 9.47 Å². The number of methoxy groups -OCH3 is 1. The fraction of sp³-hybridized carbons (Fsp3) is 0.350. The second kappa shape index (κ2) is 8.43. The number of benzene rings is 2. The lowest BCUT2D eigenvalue weighted by atomic mass is 10.1. The Hall–Kier alpha value is -2.54. The van der Waals surface area contributed by atoms with Gasteiger partial charge in [0, 0.05) is 0 Å². The molecule has 6 nitrogen and oxygen atoms in total. The lowest BCUT2D eigenvalue weighted by Gasteiger charge is -2.26. The summed E-state index contributed by atoms with van der Waals surface area (Å²) in [5.74, 6) is -0.00940. The molecule has 0 bridgehead atoms. The first-order valence-electron chi connectivity index (χ1n) is 8.61. The van der Waals surface area contributed by atoms with E-state index in [9.17, 15) is 13.2 Å². The number of nitrogens with zero attached hydrogens (tertiary/aromatic N) is 1. The highest BCUT2D eigenvalue weighted by atomic mass is 32.2.